The molecule has 0 aliphatic carbocycles. The lowest BCUT2D eigenvalue weighted by Crippen LogP contribution is -2.30. The van der Waals surface area contributed by atoms with E-state index in [-0.39, 0.29) is 11.3 Å². The highest BCUT2D eigenvalue weighted by Gasteiger charge is 2.20. The van der Waals surface area contributed by atoms with Crippen LogP contribution in [0.15, 0.2) is 30.3 Å². The van der Waals surface area contributed by atoms with Gasteiger partial charge in [-0.2, -0.15) is 4.80 Å². The van der Waals surface area contributed by atoms with Gasteiger partial charge in [0.25, 0.3) is 0 Å². The zero-order valence-electron chi connectivity index (χ0n) is 12.6. The van der Waals surface area contributed by atoms with E-state index in [1.54, 1.807) is 4.80 Å². The maximum absolute atomic E-state index is 7.53. The van der Waals surface area contributed by atoms with Crippen LogP contribution < -0.4 is 5.73 Å². The van der Waals surface area contributed by atoms with E-state index in [1.807, 2.05) is 44.2 Å². The number of nitrogens with two attached hydrogens (primary N) is 1. The van der Waals surface area contributed by atoms with Crippen LogP contribution in [-0.4, -0.2) is 26.0 Å². The monoisotopic (exact) mass is 286 g/mol. The maximum Gasteiger partial charge on any atom is 0.204 e. The molecule has 1 aromatic heterocycles. The fourth-order valence-corrected chi connectivity index (χ4v) is 2.00. The minimum absolute atomic E-state index is 0.231. The van der Waals surface area contributed by atoms with Crippen LogP contribution in [0.3, 0.4) is 0 Å². The molecule has 0 spiro atoms. The highest BCUT2D eigenvalue weighted by Crippen LogP contribution is 2.22. The Morgan fingerprint density at radius 2 is 1.95 bits per heavy atom. The van der Waals surface area contributed by atoms with E-state index in [9.17, 15) is 0 Å². The molecule has 2 aromatic rings. The lowest BCUT2D eigenvalue weighted by Gasteiger charge is -2.22. The summed E-state index contributed by atoms with van der Waals surface area (Å²) in [5, 5.41) is 20.1. The number of hydrogen-bond donors (Lipinski definition) is 2. The molecular formula is C15H22N6. The third kappa shape index (κ3) is 4.11. The summed E-state index contributed by atoms with van der Waals surface area (Å²) in [5.74, 6) is 0.896. The molecule has 0 saturated carbocycles. The summed E-state index contributed by atoms with van der Waals surface area (Å²) in [5.41, 5.74) is 6.32. The van der Waals surface area contributed by atoms with Crippen molar-refractivity contribution >= 4 is 5.84 Å². The molecule has 0 bridgehead atoms. The minimum Gasteiger partial charge on any atom is -0.387 e. The predicted molar refractivity (Wildman–Crippen MR) is 82.8 cm³/mol. The summed E-state index contributed by atoms with van der Waals surface area (Å²) in [6.07, 6.45) is 2.82. The lowest BCUT2D eigenvalue weighted by molar-refractivity contribution is 0.411. The molecule has 1 aromatic carbocycles. The first-order chi connectivity index (χ1) is 9.99. The van der Waals surface area contributed by atoms with Crippen molar-refractivity contribution in [1.82, 2.24) is 20.2 Å². The van der Waals surface area contributed by atoms with Crippen LogP contribution >= 0.6 is 0 Å². The number of nitrogens with zero attached hydrogens (tertiary/aromatic N) is 4. The highest BCUT2D eigenvalue weighted by molar-refractivity contribution is 5.82. The number of rotatable bonds is 7. The van der Waals surface area contributed by atoms with Crippen molar-refractivity contribution in [2.24, 2.45) is 11.1 Å². The SMILES string of the molecule is CC(C)(CCCCn1nnc(-c2ccccc2)n1)C(=N)N. The van der Waals surface area contributed by atoms with Crippen molar-refractivity contribution in [3.05, 3.63) is 30.3 Å². The van der Waals surface area contributed by atoms with E-state index in [0.717, 1.165) is 31.4 Å². The number of unbranched alkanes of at least 4 members (excludes halogenated alkanes) is 1. The van der Waals surface area contributed by atoms with Crippen molar-refractivity contribution < 1.29 is 0 Å². The zero-order chi connectivity index (χ0) is 15.3. The first-order valence-corrected chi connectivity index (χ1v) is 7.17. The minimum atomic E-state index is -0.231. The molecule has 0 aliphatic heterocycles. The molecule has 0 fully saturated rings. The fourth-order valence-electron chi connectivity index (χ4n) is 2.00. The molecule has 6 nitrogen and oxygen atoms in total. The van der Waals surface area contributed by atoms with Crippen LogP contribution in [-0.2, 0) is 6.54 Å². The maximum atomic E-state index is 7.53. The van der Waals surface area contributed by atoms with Crippen LogP contribution in [0.25, 0.3) is 11.4 Å². The zero-order valence-corrected chi connectivity index (χ0v) is 12.6. The molecule has 112 valence electrons. The molecule has 0 radical (unpaired) electrons. The number of tetrazole rings is 1. The fraction of sp³-hybridized carbons (Fsp3) is 0.467. The number of hydrogen-bond acceptors (Lipinski definition) is 4. The molecule has 0 saturated heterocycles. The van der Waals surface area contributed by atoms with Crippen LogP contribution in [0.4, 0.5) is 0 Å². The topological polar surface area (TPSA) is 93.5 Å². The largest absolute Gasteiger partial charge is 0.387 e. The van der Waals surface area contributed by atoms with Gasteiger partial charge in [-0.05, 0) is 18.1 Å². The van der Waals surface area contributed by atoms with Gasteiger partial charge in [0.2, 0.25) is 5.82 Å². The Hall–Kier alpha value is -2.24. The first-order valence-electron chi connectivity index (χ1n) is 7.17. The van der Waals surface area contributed by atoms with Crippen molar-refractivity contribution in [1.29, 1.82) is 5.41 Å². The number of nitrogens with one attached hydrogen (secondary N) is 1. The van der Waals surface area contributed by atoms with Gasteiger partial charge in [0.1, 0.15) is 0 Å². The van der Waals surface area contributed by atoms with Gasteiger partial charge in [0.15, 0.2) is 0 Å². The molecule has 1 heterocycles. The molecule has 0 unspecified atom stereocenters. The third-order valence-corrected chi connectivity index (χ3v) is 3.62. The van der Waals surface area contributed by atoms with Gasteiger partial charge < -0.3 is 5.73 Å². The van der Waals surface area contributed by atoms with Crippen LogP contribution in [0.5, 0.6) is 0 Å². The van der Waals surface area contributed by atoms with Gasteiger partial charge in [0, 0.05) is 11.0 Å². The van der Waals surface area contributed by atoms with Crippen molar-refractivity contribution in [3.8, 4) is 11.4 Å². The second-order valence-electron chi connectivity index (χ2n) is 5.83. The van der Waals surface area contributed by atoms with E-state index < -0.39 is 0 Å². The van der Waals surface area contributed by atoms with Crippen LogP contribution in [0.2, 0.25) is 0 Å². The van der Waals surface area contributed by atoms with Crippen molar-refractivity contribution in [2.75, 3.05) is 0 Å². The van der Waals surface area contributed by atoms with Crippen LogP contribution in [0, 0.1) is 10.8 Å². The lowest BCUT2D eigenvalue weighted by atomic mass is 9.86. The quantitative estimate of drug-likeness (QED) is 0.464. The van der Waals surface area contributed by atoms with Gasteiger partial charge in [-0.3, -0.25) is 5.41 Å². The normalized spacial score (nSPS) is 11.5. The van der Waals surface area contributed by atoms with E-state index in [2.05, 4.69) is 15.4 Å². The van der Waals surface area contributed by atoms with Crippen molar-refractivity contribution in [2.45, 2.75) is 39.7 Å². The van der Waals surface area contributed by atoms with E-state index in [4.69, 9.17) is 11.1 Å². The summed E-state index contributed by atoms with van der Waals surface area (Å²) >= 11 is 0. The van der Waals surface area contributed by atoms with Crippen LogP contribution in [0.1, 0.15) is 33.1 Å². The Morgan fingerprint density at radius 1 is 1.24 bits per heavy atom. The van der Waals surface area contributed by atoms with E-state index in [0.29, 0.717) is 5.82 Å². The summed E-state index contributed by atoms with van der Waals surface area (Å²) in [7, 11) is 0. The molecule has 21 heavy (non-hydrogen) atoms. The molecular weight excluding hydrogens is 264 g/mol. The molecule has 0 aliphatic rings. The highest BCUT2D eigenvalue weighted by atomic mass is 15.6. The van der Waals surface area contributed by atoms with Gasteiger partial charge in [-0.25, -0.2) is 0 Å². The summed E-state index contributed by atoms with van der Waals surface area (Å²) in [4.78, 5) is 1.63. The molecule has 0 atom stereocenters. The second kappa shape index (κ2) is 6.47. The Morgan fingerprint density at radius 3 is 2.62 bits per heavy atom. The molecule has 2 rings (SSSR count). The number of benzene rings is 1. The van der Waals surface area contributed by atoms with Gasteiger partial charge in [-0.15, -0.1) is 10.2 Å². The molecule has 0 amide bonds. The van der Waals surface area contributed by atoms with Gasteiger partial charge in [0.05, 0.1) is 12.4 Å². The van der Waals surface area contributed by atoms with Gasteiger partial charge in [-0.1, -0.05) is 50.6 Å². The Balaban J connectivity index is 1.83. The summed E-state index contributed by atoms with van der Waals surface area (Å²) < 4.78 is 0. The second-order valence-corrected chi connectivity index (χ2v) is 5.83. The molecule has 6 heteroatoms. The number of aromatic nitrogens is 4. The summed E-state index contributed by atoms with van der Waals surface area (Å²) in [6, 6.07) is 9.82. The average Bonchev–Trinajstić information content (AvgIpc) is 2.93. The van der Waals surface area contributed by atoms with Gasteiger partial charge >= 0.3 is 0 Å². The average molecular weight is 286 g/mol. The number of aryl methyl sites for hydroxylation is 1. The van der Waals surface area contributed by atoms with E-state index in [1.165, 1.54) is 0 Å². The third-order valence-electron chi connectivity index (χ3n) is 3.62. The predicted octanol–water partition coefficient (Wildman–Crippen LogP) is 2.47. The first kappa shape index (κ1) is 15.2. The smallest absolute Gasteiger partial charge is 0.204 e. The molecule has 3 N–H and O–H groups in total. The van der Waals surface area contributed by atoms with E-state index >= 15 is 0 Å². The Kier molecular flexibility index (Phi) is 4.67. The Bertz CT molecular complexity index is 587. The Labute approximate surface area is 124 Å². The number of amidine groups is 1. The summed E-state index contributed by atoms with van der Waals surface area (Å²) in [6.45, 7) is 4.72. The standard InChI is InChI=1S/C15H22N6/c1-15(2,14(16)17)10-6-7-11-21-19-13(18-20-21)12-8-4-3-5-9-12/h3-5,8-9H,6-7,10-11H2,1-2H3,(H3,16,17). The van der Waals surface area contributed by atoms with Crippen molar-refractivity contribution in [3.63, 3.8) is 0 Å².